The summed E-state index contributed by atoms with van der Waals surface area (Å²) in [5.74, 6) is 1.49. The van der Waals surface area contributed by atoms with E-state index in [0.29, 0.717) is 11.0 Å². The van der Waals surface area contributed by atoms with Gasteiger partial charge in [0.25, 0.3) is 0 Å². The second-order valence-electron chi connectivity index (χ2n) is 8.43. The average molecular weight is 398 g/mol. The molecule has 0 radical (unpaired) electrons. The molecule has 0 saturated heterocycles. The largest absolute Gasteiger partial charge is 0.341 e. The zero-order valence-electron chi connectivity index (χ0n) is 17.4. The molecule has 2 aromatic heterocycles. The number of fused-ring (bicyclic) bond motifs is 1. The van der Waals surface area contributed by atoms with E-state index in [1.54, 1.807) is 6.07 Å². The predicted octanol–water partition coefficient (Wildman–Crippen LogP) is 5.68. The van der Waals surface area contributed by atoms with Gasteiger partial charge in [0.1, 0.15) is 11.5 Å². The lowest BCUT2D eigenvalue weighted by Crippen LogP contribution is -2.18. The van der Waals surface area contributed by atoms with Gasteiger partial charge in [-0.15, -0.1) is 0 Å². The summed E-state index contributed by atoms with van der Waals surface area (Å²) < 4.78 is 2.07. The van der Waals surface area contributed by atoms with Crippen molar-refractivity contribution in [2.24, 2.45) is 5.92 Å². The molecule has 0 bridgehead atoms. The van der Waals surface area contributed by atoms with Gasteiger partial charge >= 0.3 is 0 Å². The van der Waals surface area contributed by atoms with Crippen molar-refractivity contribution in [2.75, 3.05) is 5.32 Å². The third kappa shape index (κ3) is 3.58. The molecular weight excluding hydrogens is 370 g/mol. The summed E-state index contributed by atoms with van der Waals surface area (Å²) in [6.45, 7) is 2.07. The van der Waals surface area contributed by atoms with Crippen molar-refractivity contribution in [3.63, 3.8) is 0 Å². The van der Waals surface area contributed by atoms with E-state index in [0.717, 1.165) is 48.1 Å². The number of aromatic nitrogens is 2. The van der Waals surface area contributed by atoms with Gasteiger partial charge in [0.05, 0.1) is 5.39 Å². The van der Waals surface area contributed by atoms with E-state index in [2.05, 4.69) is 53.2 Å². The molecule has 2 aliphatic carbocycles. The molecule has 0 aliphatic heterocycles. The van der Waals surface area contributed by atoms with Crippen molar-refractivity contribution >= 4 is 16.9 Å². The fraction of sp³-hybridized carbons (Fsp3) is 0.308. The summed E-state index contributed by atoms with van der Waals surface area (Å²) in [5, 5.41) is 4.15. The molecule has 0 spiro atoms. The number of benzene rings is 1. The normalized spacial score (nSPS) is 16.4. The highest BCUT2D eigenvalue weighted by Gasteiger charge is 2.21. The number of pyridine rings is 2. The van der Waals surface area contributed by atoms with Crippen molar-refractivity contribution in [3.8, 4) is 5.69 Å². The summed E-state index contributed by atoms with van der Waals surface area (Å²) >= 11 is 0. The topological polar surface area (TPSA) is 46.9 Å². The van der Waals surface area contributed by atoms with Crippen molar-refractivity contribution in [2.45, 2.75) is 45.4 Å². The Morgan fingerprint density at radius 2 is 1.97 bits per heavy atom. The molecule has 1 saturated carbocycles. The highest BCUT2D eigenvalue weighted by atomic mass is 16.1. The van der Waals surface area contributed by atoms with Crippen LogP contribution in [0.3, 0.4) is 0 Å². The van der Waals surface area contributed by atoms with Gasteiger partial charge in [-0.3, -0.25) is 9.36 Å². The Morgan fingerprint density at radius 1 is 1.13 bits per heavy atom. The van der Waals surface area contributed by atoms with Gasteiger partial charge in [-0.2, -0.15) is 0 Å². The number of aryl methyl sites for hydroxylation is 1. The average Bonchev–Trinajstić information content (AvgIpc) is 2.73. The monoisotopic (exact) mass is 397 g/mol. The van der Waals surface area contributed by atoms with E-state index in [-0.39, 0.29) is 5.43 Å². The van der Waals surface area contributed by atoms with Crippen molar-refractivity contribution < 1.29 is 0 Å². The first-order valence-corrected chi connectivity index (χ1v) is 10.9. The molecule has 4 heteroatoms. The van der Waals surface area contributed by atoms with E-state index in [9.17, 15) is 4.79 Å². The fourth-order valence-corrected chi connectivity index (χ4v) is 4.37. The lowest BCUT2D eigenvalue weighted by molar-refractivity contribution is 0.314. The third-order valence-corrected chi connectivity index (χ3v) is 6.30. The molecule has 4 nitrogen and oxygen atoms in total. The van der Waals surface area contributed by atoms with Crippen molar-refractivity contribution in [1.29, 1.82) is 0 Å². The highest BCUT2D eigenvalue weighted by molar-refractivity contribution is 5.81. The molecule has 1 aromatic carbocycles. The highest BCUT2D eigenvalue weighted by Crippen LogP contribution is 2.32. The molecule has 152 valence electrons. The maximum Gasteiger partial charge on any atom is 0.193 e. The Hall–Kier alpha value is -3.14. The number of hydrogen-bond donors (Lipinski definition) is 1. The second kappa shape index (κ2) is 7.94. The minimum Gasteiger partial charge on any atom is -0.341 e. The van der Waals surface area contributed by atoms with Crippen molar-refractivity contribution in [1.82, 2.24) is 9.55 Å². The molecule has 5 rings (SSSR count). The van der Waals surface area contributed by atoms with Crippen LogP contribution in [0.2, 0.25) is 0 Å². The van der Waals surface area contributed by atoms with Crippen LogP contribution in [0.4, 0.5) is 5.82 Å². The van der Waals surface area contributed by atoms with Crippen LogP contribution in [0.15, 0.2) is 71.2 Å². The molecule has 1 N–H and O–H groups in total. The number of nitrogens with zero attached hydrogens (tertiary/aromatic N) is 2. The first kappa shape index (κ1) is 18.9. The molecule has 3 aromatic rings. The summed E-state index contributed by atoms with van der Waals surface area (Å²) in [7, 11) is 0. The molecule has 0 amide bonds. The lowest BCUT2D eigenvalue weighted by atomic mass is 9.80. The van der Waals surface area contributed by atoms with E-state index in [1.807, 2.05) is 18.2 Å². The lowest BCUT2D eigenvalue weighted by Gasteiger charge is -2.26. The maximum absolute atomic E-state index is 13.1. The van der Waals surface area contributed by atoms with Crippen LogP contribution < -0.4 is 10.7 Å². The van der Waals surface area contributed by atoms with E-state index < -0.39 is 0 Å². The van der Waals surface area contributed by atoms with Gasteiger partial charge in [-0.05, 0) is 61.9 Å². The molecular formula is C26H27N3O. The number of rotatable bonds is 5. The zero-order valence-corrected chi connectivity index (χ0v) is 17.4. The Balaban J connectivity index is 1.69. The van der Waals surface area contributed by atoms with Gasteiger partial charge in [-0.25, -0.2) is 4.98 Å². The van der Waals surface area contributed by atoms with Crippen LogP contribution in [0.25, 0.3) is 16.7 Å². The standard InChI is InChI=1S/C26H27N3O/c1-18-20(15-19-9-8-10-19)16-23-24(30)17-25(28-21-11-4-2-5-12-21)29(26(23)27-18)22-13-6-3-7-14-22/h3-4,6-7,11-14,16-17,19,28H,2,5,8-10,15H2,1H3. The third-order valence-electron chi connectivity index (χ3n) is 6.30. The van der Waals surface area contributed by atoms with Crippen LogP contribution in [-0.2, 0) is 6.42 Å². The Morgan fingerprint density at radius 3 is 2.67 bits per heavy atom. The van der Waals surface area contributed by atoms with Crippen LogP contribution in [-0.4, -0.2) is 9.55 Å². The Kier molecular flexibility index (Phi) is 4.99. The van der Waals surface area contributed by atoms with Gasteiger partial charge in [-0.1, -0.05) is 49.6 Å². The molecule has 1 fully saturated rings. The predicted molar refractivity (Wildman–Crippen MR) is 123 cm³/mol. The summed E-state index contributed by atoms with van der Waals surface area (Å²) in [4.78, 5) is 18.1. The summed E-state index contributed by atoms with van der Waals surface area (Å²) in [5.41, 5.74) is 4.97. The van der Waals surface area contributed by atoms with Crippen LogP contribution >= 0.6 is 0 Å². The minimum absolute atomic E-state index is 0.0161. The molecule has 2 aliphatic rings. The summed E-state index contributed by atoms with van der Waals surface area (Å²) in [6.07, 6.45) is 13.4. The van der Waals surface area contributed by atoms with Crippen LogP contribution in [0.1, 0.15) is 43.4 Å². The fourth-order valence-electron chi connectivity index (χ4n) is 4.37. The molecule has 0 unspecified atom stereocenters. The van der Waals surface area contributed by atoms with E-state index >= 15 is 0 Å². The first-order valence-electron chi connectivity index (χ1n) is 10.9. The number of hydrogen-bond acceptors (Lipinski definition) is 3. The zero-order chi connectivity index (χ0) is 20.5. The number of nitrogens with one attached hydrogen (secondary N) is 1. The molecule has 2 heterocycles. The second-order valence-corrected chi connectivity index (χ2v) is 8.43. The van der Waals surface area contributed by atoms with Gasteiger partial charge in [0.15, 0.2) is 5.43 Å². The maximum atomic E-state index is 13.1. The smallest absolute Gasteiger partial charge is 0.193 e. The van der Waals surface area contributed by atoms with E-state index in [4.69, 9.17) is 4.98 Å². The molecule has 0 atom stereocenters. The minimum atomic E-state index is 0.0161. The molecule has 30 heavy (non-hydrogen) atoms. The van der Waals surface area contributed by atoms with Gasteiger partial charge in [0, 0.05) is 23.1 Å². The summed E-state index contributed by atoms with van der Waals surface area (Å²) in [6, 6.07) is 13.9. The van der Waals surface area contributed by atoms with Crippen LogP contribution in [0.5, 0.6) is 0 Å². The SMILES string of the molecule is Cc1nc2c(cc1CC1CCC1)c(=O)cc(NC1=CCCC=C1)n2-c1ccccc1. The number of para-hydroxylation sites is 1. The Bertz CT molecular complexity index is 1200. The van der Waals surface area contributed by atoms with E-state index in [1.165, 1.54) is 24.8 Å². The number of allylic oxidation sites excluding steroid dienone is 3. The quantitative estimate of drug-likeness (QED) is 0.602. The number of anilines is 1. The van der Waals surface area contributed by atoms with Gasteiger partial charge in [0.2, 0.25) is 0 Å². The van der Waals surface area contributed by atoms with Crippen molar-refractivity contribution in [3.05, 3.63) is 87.9 Å². The Labute approximate surface area is 177 Å². The van der Waals surface area contributed by atoms with Gasteiger partial charge < -0.3 is 5.32 Å². The van der Waals surface area contributed by atoms with Crippen LogP contribution in [0, 0.1) is 12.8 Å². The first-order chi connectivity index (χ1) is 14.7.